The quantitative estimate of drug-likeness (QED) is 0.916. The lowest BCUT2D eigenvalue weighted by molar-refractivity contribution is 0.0940. The molecule has 1 atom stereocenters. The van der Waals surface area contributed by atoms with Crippen molar-refractivity contribution in [3.63, 3.8) is 0 Å². The second-order valence-electron chi connectivity index (χ2n) is 5.52. The van der Waals surface area contributed by atoms with Crippen LogP contribution in [0.1, 0.15) is 24.0 Å². The van der Waals surface area contributed by atoms with Gasteiger partial charge in [-0.15, -0.1) is 0 Å². The van der Waals surface area contributed by atoms with Gasteiger partial charge in [-0.25, -0.2) is 0 Å². The first-order chi connectivity index (χ1) is 10.2. The van der Waals surface area contributed by atoms with Crippen LogP contribution in [0.2, 0.25) is 5.02 Å². The van der Waals surface area contributed by atoms with Crippen LogP contribution in [0.25, 0.3) is 0 Å². The first kappa shape index (κ1) is 14.4. The maximum Gasteiger partial charge on any atom is 0.0771 e. The van der Waals surface area contributed by atoms with E-state index < -0.39 is 0 Å². The minimum atomic E-state index is 0.314. The Kier molecular flexibility index (Phi) is 4.46. The molecule has 2 heterocycles. The average molecular weight is 306 g/mol. The van der Waals surface area contributed by atoms with Crippen molar-refractivity contribution in [3.05, 3.63) is 46.7 Å². The summed E-state index contributed by atoms with van der Waals surface area (Å²) in [6, 6.07) is 6.13. The molecular formula is C16H20ClN3O. The number of hydrogen-bond acceptors (Lipinski definition) is 3. The number of aromatic nitrogens is 2. The number of rotatable bonds is 5. The first-order valence-corrected chi connectivity index (χ1v) is 7.71. The maximum absolute atomic E-state index is 6.14. The zero-order valence-electron chi connectivity index (χ0n) is 12.2. The van der Waals surface area contributed by atoms with Crippen LogP contribution in [0, 0.1) is 6.92 Å². The van der Waals surface area contributed by atoms with Crippen LogP contribution in [0.5, 0.6) is 0 Å². The third kappa shape index (κ3) is 3.77. The fraction of sp³-hybridized carbons (Fsp3) is 0.438. The zero-order valence-corrected chi connectivity index (χ0v) is 12.9. The summed E-state index contributed by atoms with van der Waals surface area (Å²) >= 11 is 6.14. The van der Waals surface area contributed by atoms with Gasteiger partial charge >= 0.3 is 0 Å². The van der Waals surface area contributed by atoms with E-state index in [0.717, 1.165) is 54.4 Å². The summed E-state index contributed by atoms with van der Waals surface area (Å²) in [6.07, 6.45) is 6.48. The summed E-state index contributed by atoms with van der Waals surface area (Å²) < 4.78 is 7.57. The molecule has 1 aromatic heterocycles. The SMILES string of the molecule is Cc1ccc(CNc2cnn(CC3CCCO3)c2)cc1Cl. The van der Waals surface area contributed by atoms with E-state index in [-0.39, 0.29) is 0 Å². The van der Waals surface area contributed by atoms with Crippen LogP contribution < -0.4 is 5.32 Å². The van der Waals surface area contributed by atoms with Crippen molar-refractivity contribution >= 4 is 17.3 Å². The molecule has 0 saturated carbocycles. The zero-order chi connectivity index (χ0) is 14.7. The molecule has 0 amide bonds. The Labute approximate surface area is 130 Å². The van der Waals surface area contributed by atoms with Gasteiger partial charge in [0.25, 0.3) is 0 Å². The Hall–Kier alpha value is -1.52. The van der Waals surface area contributed by atoms with Gasteiger partial charge in [0.1, 0.15) is 0 Å². The van der Waals surface area contributed by atoms with Gasteiger partial charge in [-0.3, -0.25) is 4.68 Å². The van der Waals surface area contributed by atoms with Gasteiger partial charge in [-0.05, 0) is 37.0 Å². The summed E-state index contributed by atoms with van der Waals surface area (Å²) in [5.41, 5.74) is 3.28. The Balaban J connectivity index is 1.55. The van der Waals surface area contributed by atoms with Crippen molar-refractivity contribution in [3.8, 4) is 0 Å². The molecular weight excluding hydrogens is 286 g/mol. The van der Waals surface area contributed by atoms with Crippen molar-refractivity contribution in [1.29, 1.82) is 0 Å². The molecule has 0 spiro atoms. The predicted molar refractivity (Wildman–Crippen MR) is 84.7 cm³/mol. The van der Waals surface area contributed by atoms with E-state index in [0.29, 0.717) is 6.10 Å². The number of nitrogens with one attached hydrogen (secondary N) is 1. The minimum absolute atomic E-state index is 0.314. The molecule has 3 rings (SSSR count). The van der Waals surface area contributed by atoms with E-state index >= 15 is 0 Å². The Morgan fingerprint density at radius 3 is 3.14 bits per heavy atom. The Morgan fingerprint density at radius 1 is 1.48 bits per heavy atom. The van der Waals surface area contributed by atoms with Gasteiger partial charge in [0, 0.05) is 24.4 Å². The third-order valence-electron chi connectivity index (χ3n) is 3.78. The lowest BCUT2D eigenvalue weighted by Crippen LogP contribution is -2.15. The number of hydrogen-bond donors (Lipinski definition) is 1. The van der Waals surface area contributed by atoms with Crippen LogP contribution in [0.15, 0.2) is 30.6 Å². The number of ether oxygens (including phenoxy) is 1. The van der Waals surface area contributed by atoms with E-state index in [9.17, 15) is 0 Å². The van der Waals surface area contributed by atoms with Gasteiger partial charge in [0.2, 0.25) is 0 Å². The van der Waals surface area contributed by atoms with Crippen molar-refractivity contribution in [2.45, 2.75) is 39.0 Å². The van der Waals surface area contributed by atoms with Crippen molar-refractivity contribution in [2.75, 3.05) is 11.9 Å². The van der Waals surface area contributed by atoms with Gasteiger partial charge in [0.05, 0.1) is 24.5 Å². The van der Waals surface area contributed by atoms with E-state index in [2.05, 4.69) is 16.5 Å². The molecule has 5 heteroatoms. The molecule has 2 aromatic rings. The third-order valence-corrected chi connectivity index (χ3v) is 4.19. The molecule has 1 unspecified atom stereocenters. The largest absolute Gasteiger partial charge is 0.378 e. The molecule has 112 valence electrons. The maximum atomic E-state index is 6.14. The first-order valence-electron chi connectivity index (χ1n) is 7.33. The van der Waals surface area contributed by atoms with Crippen molar-refractivity contribution in [1.82, 2.24) is 9.78 Å². The topological polar surface area (TPSA) is 39.1 Å². The van der Waals surface area contributed by atoms with E-state index in [1.54, 1.807) is 0 Å². The highest BCUT2D eigenvalue weighted by Gasteiger charge is 2.16. The molecule has 0 aliphatic carbocycles. The summed E-state index contributed by atoms with van der Waals surface area (Å²) in [5, 5.41) is 8.55. The molecule has 1 N–H and O–H groups in total. The lowest BCUT2D eigenvalue weighted by Gasteiger charge is -2.08. The molecule has 1 aliphatic rings. The normalized spacial score (nSPS) is 18.1. The second-order valence-corrected chi connectivity index (χ2v) is 5.93. The van der Waals surface area contributed by atoms with Crippen LogP contribution in [-0.4, -0.2) is 22.5 Å². The fourth-order valence-corrected chi connectivity index (χ4v) is 2.71. The molecule has 0 bridgehead atoms. The van der Waals surface area contributed by atoms with Crippen LogP contribution in [0.3, 0.4) is 0 Å². The van der Waals surface area contributed by atoms with Gasteiger partial charge in [0.15, 0.2) is 0 Å². The standard InChI is InChI=1S/C16H20ClN3O/c1-12-4-5-13(7-16(12)17)8-18-14-9-19-20(10-14)11-15-3-2-6-21-15/h4-5,7,9-10,15,18H,2-3,6,8,11H2,1H3. The molecule has 4 nitrogen and oxygen atoms in total. The summed E-state index contributed by atoms with van der Waals surface area (Å²) in [6.45, 7) is 4.46. The fourth-order valence-electron chi connectivity index (χ4n) is 2.50. The molecule has 1 saturated heterocycles. The number of aryl methyl sites for hydroxylation is 1. The molecule has 1 aromatic carbocycles. The summed E-state index contributed by atoms with van der Waals surface area (Å²) in [5.74, 6) is 0. The smallest absolute Gasteiger partial charge is 0.0771 e. The van der Waals surface area contributed by atoms with E-state index in [4.69, 9.17) is 16.3 Å². The number of anilines is 1. The Bertz CT molecular complexity index is 605. The van der Waals surface area contributed by atoms with Gasteiger partial charge < -0.3 is 10.1 Å². The molecule has 21 heavy (non-hydrogen) atoms. The predicted octanol–water partition coefficient (Wildman–Crippen LogP) is 3.64. The highest BCUT2D eigenvalue weighted by Crippen LogP contribution is 2.18. The minimum Gasteiger partial charge on any atom is -0.378 e. The summed E-state index contributed by atoms with van der Waals surface area (Å²) in [4.78, 5) is 0. The van der Waals surface area contributed by atoms with Crippen LogP contribution in [0.4, 0.5) is 5.69 Å². The van der Waals surface area contributed by atoms with E-state index in [1.807, 2.05) is 36.1 Å². The molecule has 0 radical (unpaired) electrons. The Morgan fingerprint density at radius 2 is 2.38 bits per heavy atom. The number of benzene rings is 1. The van der Waals surface area contributed by atoms with Crippen molar-refractivity contribution < 1.29 is 4.74 Å². The lowest BCUT2D eigenvalue weighted by atomic mass is 10.1. The number of nitrogens with zero attached hydrogens (tertiary/aromatic N) is 2. The average Bonchev–Trinajstić information content (AvgIpc) is 3.13. The van der Waals surface area contributed by atoms with E-state index in [1.165, 1.54) is 0 Å². The molecule has 1 fully saturated rings. The van der Waals surface area contributed by atoms with Crippen molar-refractivity contribution in [2.24, 2.45) is 0 Å². The second kappa shape index (κ2) is 6.50. The van der Waals surface area contributed by atoms with Crippen LogP contribution >= 0.6 is 11.6 Å². The van der Waals surface area contributed by atoms with Crippen LogP contribution in [-0.2, 0) is 17.8 Å². The number of halogens is 1. The highest BCUT2D eigenvalue weighted by molar-refractivity contribution is 6.31. The van der Waals surface area contributed by atoms with Gasteiger partial charge in [-0.1, -0.05) is 23.7 Å². The van der Waals surface area contributed by atoms with Gasteiger partial charge in [-0.2, -0.15) is 5.10 Å². The highest BCUT2D eigenvalue weighted by atomic mass is 35.5. The monoisotopic (exact) mass is 305 g/mol. The summed E-state index contributed by atoms with van der Waals surface area (Å²) in [7, 11) is 0. The molecule has 1 aliphatic heterocycles.